The molecule has 0 spiro atoms. The van der Waals surface area contributed by atoms with Gasteiger partial charge in [-0.25, -0.2) is 19.5 Å². The quantitative estimate of drug-likeness (QED) is 0.525. The number of benzene rings is 2. The number of aryl methyl sites for hydroxylation is 1. The lowest BCUT2D eigenvalue weighted by Gasteiger charge is -2.23. The summed E-state index contributed by atoms with van der Waals surface area (Å²) in [7, 11) is 5.70. The minimum Gasteiger partial charge on any atom is -0.335 e. The van der Waals surface area contributed by atoms with Gasteiger partial charge in [0.1, 0.15) is 6.17 Å². The van der Waals surface area contributed by atoms with Crippen LogP contribution < -0.4 is 15.4 Å². The maximum absolute atomic E-state index is 12.5. The van der Waals surface area contributed by atoms with Gasteiger partial charge in [-0.2, -0.15) is 0 Å². The summed E-state index contributed by atoms with van der Waals surface area (Å²) in [5, 5.41) is 0. The maximum Gasteiger partial charge on any atom is 0.365 e. The Morgan fingerprint density at radius 2 is 1.43 bits per heavy atom. The zero-order valence-electron chi connectivity index (χ0n) is 17.0. The van der Waals surface area contributed by atoms with E-state index in [2.05, 4.69) is 9.80 Å². The smallest absolute Gasteiger partial charge is 0.335 e. The van der Waals surface area contributed by atoms with Crippen molar-refractivity contribution in [2.75, 3.05) is 23.9 Å². The van der Waals surface area contributed by atoms with Crippen molar-refractivity contribution in [3.05, 3.63) is 76.7 Å². The number of fused-ring (bicyclic) bond motifs is 2. The van der Waals surface area contributed by atoms with Crippen molar-refractivity contribution in [1.82, 2.24) is 14.7 Å². The molecule has 7 nitrogen and oxygen atoms in total. The highest BCUT2D eigenvalue weighted by Gasteiger charge is 2.32. The molecule has 0 atom stereocenters. The van der Waals surface area contributed by atoms with E-state index in [1.54, 1.807) is 7.05 Å². The lowest BCUT2D eigenvalue weighted by Crippen LogP contribution is -2.37. The van der Waals surface area contributed by atoms with Crippen LogP contribution in [0.25, 0.3) is 28.4 Å². The number of hydrogen-bond acceptors (Lipinski definition) is 6. The SMILES string of the molecule is CN1c2nc3ccccc3nc2N(C)C1C=Cc1c(-c2ccccc2)n(C)oc1=O. The molecule has 7 heteroatoms. The Hall–Kier alpha value is -3.87. The topological polar surface area (TPSA) is 67.4 Å². The van der Waals surface area contributed by atoms with Crippen LogP contribution >= 0.6 is 0 Å². The van der Waals surface area contributed by atoms with Crippen LogP contribution in [-0.2, 0) is 7.05 Å². The monoisotopic (exact) mass is 399 g/mol. The predicted octanol–water partition coefficient (Wildman–Crippen LogP) is 3.51. The summed E-state index contributed by atoms with van der Waals surface area (Å²) in [5.41, 5.74) is 3.55. The summed E-state index contributed by atoms with van der Waals surface area (Å²) >= 11 is 0. The number of para-hydroxylation sites is 2. The minimum atomic E-state index is -0.365. The normalized spacial score (nSPS) is 14.2. The van der Waals surface area contributed by atoms with Crippen molar-refractivity contribution in [2.45, 2.75) is 6.17 Å². The van der Waals surface area contributed by atoms with E-state index in [4.69, 9.17) is 14.5 Å². The second-order valence-corrected chi connectivity index (χ2v) is 7.36. The molecule has 0 saturated carbocycles. The van der Waals surface area contributed by atoms with Gasteiger partial charge in [0.2, 0.25) is 0 Å². The first kappa shape index (κ1) is 18.2. The van der Waals surface area contributed by atoms with Crippen molar-refractivity contribution in [1.29, 1.82) is 0 Å². The van der Waals surface area contributed by atoms with Gasteiger partial charge in [-0.05, 0) is 24.3 Å². The van der Waals surface area contributed by atoms with Crippen LogP contribution in [0.4, 0.5) is 11.6 Å². The molecule has 0 unspecified atom stereocenters. The lowest BCUT2D eigenvalue weighted by molar-refractivity contribution is 0.289. The number of hydrogen-bond donors (Lipinski definition) is 0. The molecule has 1 aliphatic heterocycles. The molecule has 0 amide bonds. The first-order chi connectivity index (χ1) is 14.5. The second kappa shape index (κ2) is 6.88. The molecule has 30 heavy (non-hydrogen) atoms. The molecular formula is C23H21N5O2. The number of nitrogens with zero attached hydrogens (tertiary/aromatic N) is 5. The number of likely N-dealkylation sites (N-methyl/N-ethyl adjacent to an activating group) is 2. The van der Waals surface area contributed by atoms with E-state index in [-0.39, 0.29) is 11.8 Å². The molecule has 1 aliphatic rings. The molecule has 0 radical (unpaired) electrons. The van der Waals surface area contributed by atoms with E-state index in [0.29, 0.717) is 5.56 Å². The Bertz CT molecular complexity index is 1270. The van der Waals surface area contributed by atoms with Gasteiger partial charge in [-0.15, -0.1) is 0 Å². The predicted molar refractivity (Wildman–Crippen MR) is 119 cm³/mol. The van der Waals surface area contributed by atoms with E-state index in [1.165, 1.54) is 4.74 Å². The third kappa shape index (κ3) is 2.78. The summed E-state index contributed by atoms with van der Waals surface area (Å²) < 4.78 is 6.86. The van der Waals surface area contributed by atoms with Crippen LogP contribution in [0.1, 0.15) is 5.56 Å². The second-order valence-electron chi connectivity index (χ2n) is 7.36. The highest BCUT2D eigenvalue weighted by atomic mass is 16.5. The van der Waals surface area contributed by atoms with Crippen LogP contribution in [0.3, 0.4) is 0 Å². The summed E-state index contributed by atoms with van der Waals surface area (Å²) in [6.45, 7) is 0. The van der Waals surface area contributed by atoms with Crippen LogP contribution in [-0.4, -0.2) is 35.0 Å². The molecule has 0 bridgehead atoms. The summed E-state index contributed by atoms with van der Waals surface area (Å²) in [5.74, 6) is 1.63. The van der Waals surface area contributed by atoms with Crippen LogP contribution in [0.5, 0.6) is 0 Å². The van der Waals surface area contributed by atoms with Gasteiger partial charge in [0, 0.05) is 26.7 Å². The summed E-state index contributed by atoms with van der Waals surface area (Å²) in [4.78, 5) is 26.2. The van der Waals surface area contributed by atoms with E-state index in [9.17, 15) is 4.79 Å². The fourth-order valence-corrected chi connectivity index (χ4v) is 3.97. The fraction of sp³-hybridized carbons (Fsp3) is 0.174. The Kier molecular flexibility index (Phi) is 4.17. The lowest BCUT2D eigenvalue weighted by atomic mass is 10.1. The first-order valence-corrected chi connectivity index (χ1v) is 9.71. The van der Waals surface area contributed by atoms with E-state index >= 15 is 0 Å². The van der Waals surface area contributed by atoms with Crippen LogP contribution in [0.15, 0.2) is 70.0 Å². The fourth-order valence-electron chi connectivity index (χ4n) is 3.97. The molecule has 0 fully saturated rings. The van der Waals surface area contributed by atoms with E-state index in [1.807, 2.05) is 80.8 Å². The molecule has 0 N–H and O–H groups in total. The van der Waals surface area contributed by atoms with Gasteiger partial charge in [-0.3, -0.25) is 0 Å². The van der Waals surface area contributed by atoms with Gasteiger partial charge >= 0.3 is 5.63 Å². The van der Waals surface area contributed by atoms with Crippen molar-refractivity contribution in [2.24, 2.45) is 7.05 Å². The van der Waals surface area contributed by atoms with Crippen molar-refractivity contribution in [3.8, 4) is 11.3 Å². The summed E-state index contributed by atoms with van der Waals surface area (Å²) in [6, 6.07) is 17.6. The Morgan fingerprint density at radius 1 is 0.867 bits per heavy atom. The first-order valence-electron chi connectivity index (χ1n) is 9.71. The Labute approximate surface area is 173 Å². The van der Waals surface area contributed by atoms with Gasteiger partial charge in [0.25, 0.3) is 0 Å². The molecule has 0 saturated heterocycles. The summed E-state index contributed by atoms with van der Waals surface area (Å²) in [6.07, 6.45) is 3.68. The average molecular weight is 399 g/mol. The third-order valence-corrected chi connectivity index (χ3v) is 5.49. The molecule has 0 aliphatic carbocycles. The molecule has 2 aromatic carbocycles. The molecule has 3 heterocycles. The van der Waals surface area contributed by atoms with E-state index in [0.717, 1.165) is 33.9 Å². The average Bonchev–Trinajstić information content (AvgIpc) is 3.17. The zero-order valence-corrected chi connectivity index (χ0v) is 17.0. The maximum atomic E-state index is 12.5. The number of anilines is 2. The number of aromatic nitrogens is 3. The van der Waals surface area contributed by atoms with Gasteiger partial charge in [-0.1, -0.05) is 42.5 Å². The Balaban J connectivity index is 1.54. The largest absolute Gasteiger partial charge is 0.365 e. The van der Waals surface area contributed by atoms with Crippen molar-refractivity contribution >= 4 is 28.7 Å². The Morgan fingerprint density at radius 3 is 2.03 bits per heavy atom. The molecule has 2 aromatic heterocycles. The zero-order chi connectivity index (χ0) is 20.8. The molecule has 150 valence electrons. The standard InChI is InChI=1S/C23H21N5O2/c1-26-19(27(2)22-21(26)24-17-11-7-8-12-18(17)25-22)14-13-16-20(28(3)30-23(16)29)15-9-5-4-6-10-15/h4-14,19H,1-3H3. The third-order valence-electron chi connectivity index (χ3n) is 5.49. The van der Waals surface area contributed by atoms with Crippen LogP contribution in [0, 0.1) is 0 Å². The molecular weight excluding hydrogens is 378 g/mol. The van der Waals surface area contributed by atoms with Gasteiger partial charge < -0.3 is 14.3 Å². The molecule has 4 aromatic rings. The highest BCUT2D eigenvalue weighted by molar-refractivity contribution is 5.83. The van der Waals surface area contributed by atoms with Crippen molar-refractivity contribution in [3.63, 3.8) is 0 Å². The number of rotatable bonds is 3. The highest BCUT2D eigenvalue weighted by Crippen LogP contribution is 2.36. The molecule has 5 rings (SSSR count). The van der Waals surface area contributed by atoms with Crippen LogP contribution in [0.2, 0.25) is 0 Å². The van der Waals surface area contributed by atoms with Gasteiger partial charge in [0.15, 0.2) is 11.6 Å². The minimum absolute atomic E-state index is 0.125. The van der Waals surface area contributed by atoms with Crippen molar-refractivity contribution < 1.29 is 4.52 Å². The van der Waals surface area contributed by atoms with E-state index < -0.39 is 0 Å². The van der Waals surface area contributed by atoms with Gasteiger partial charge in [0.05, 0.1) is 22.3 Å².